The van der Waals surface area contributed by atoms with Gasteiger partial charge in [-0.25, -0.2) is 4.98 Å². The molecule has 0 saturated carbocycles. The van der Waals surface area contributed by atoms with Crippen molar-refractivity contribution in [1.29, 1.82) is 0 Å². The molecule has 2 heterocycles. The molecule has 0 saturated heterocycles. The van der Waals surface area contributed by atoms with Gasteiger partial charge in [0.25, 0.3) is 0 Å². The first kappa shape index (κ1) is 10.4. The van der Waals surface area contributed by atoms with E-state index in [4.69, 9.17) is 5.11 Å². The van der Waals surface area contributed by atoms with Crippen molar-refractivity contribution in [2.45, 2.75) is 6.54 Å². The van der Waals surface area contributed by atoms with Crippen LogP contribution in [-0.2, 0) is 6.54 Å². The van der Waals surface area contributed by atoms with E-state index in [1.807, 2.05) is 23.0 Å². The lowest BCUT2D eigenvalue weighted by atomic mass is 10.3. The van der Waals surface area contributed by atoms with Crippen LogP contribution in [0.2, 0.25) is 0 Å². The lowest BCUT2D eigenvalue weighted by molar-refractivity contribution is 0.278. The molecule has 14 heavy (non-hydrogen) atoms. The number of pyridine rings is 1. The van der Waals surface area contributed by atoms with E-state index in [9.17, 15) is 0 Å². The molecule has 1 N–H and O–H groups in total. The Morgan fingerprint density at radius 1 is 1.57 bits per heavy atom. The van der Waals surface area contributed by atoms with Gasteiger partial charge >= 0.3 is 0 Å². The van der Waals surface area contributed by atoms with E-state index in [0.717, 1.165) is 10.1 Å². The van der Waals surface area contributed by atoms with Gasteiger partial charge in [-0.05, 0) is 44.6 Å². The molecule has 74 valence electrons. The molecule has 0 radical (unpaired) electrons. The smallest absolute Gasteiger partial charge is 0.106 e. The Morgan fingerprint density at radius 2 is 2.36 bits per heavy atom. The van der Waals surface area contributed by atoms with Crippen molar-refractivity contribution in [3.05, 3.63) is 26.6 Å². The zero-order valence-electron chi connectivity index (χ0n) is 7.24. The van der Waals surface area contributed by atoms with Gasteiger partial charge in [0, 0.05) is 21.7 Å². The fourth-order valence-electron chi connectivity index (χ4n) is 1.41. The summed E-state index contributed by atoms with van der Waals surface area (Å²) in [4.78, 5) is 4.17. The highest BCUT2D eigenvalue weighted by Gasteiger charge is 2.06. The molecule has 2 aromatic rings. The number of halogens is 2. The third-order valence-electron chi connectivity index (χ3n) is 2.03. The first-order chi connectivity index (χ1) is 6.72. The summed E-state index contributed by atoms with van der Waals surface area (Å²) in [6.45, 7) is 0.763. The van der Waals surface area contributed by atoms with Crippen LogP contribution in [0.1, 0.15) is 0 Å². The quantitative estimate of drug-likeness (QED) is 0.654. The van der Waals surface area contributed by atoms with E-state index in [0.29, 0.717) is 6.54 Å². The van der Waals surface area contributed by atoms with Crippen LogP contribution in [0.5, 0.6) is 0 Å². The summed E-state index contributed by atoms with van der Waals surface area (Å²) in [7, 11) is 0. The molecule has 0 aliphatic rings. The first-order valence-electron chi connectivity index (χ1n) is 4.13. The van der Waals surface area contributed by atoms with Gasteiger partial charge in [-0.15, -0.1) is 0 Å². The average Bonchev–Trinajstić information content (AvgIpc) is 2.44. The van der Waals surface area contributed by atoms with Gasteiger partial charge in [0.2, 0.25) is 0 Å². The zero-order valence-corrected chi connectivity index (χ0v) is 11.0. The molecule has 0 unspecified atom stereocenters. The Hall–Kier alpha value is -0.140. The molecule has 0 atom stereocenters. The molecule has 0 fully saturated rings. The Bertz CT molecular complexity index is 469. The molecule has 0 aromatic carbocycles. The molecule has 5 heteroatoms. The van der Waals surface area contributed by atoms with Crippen molar-refractivity contribution < 1.29 is 5.11 Å². The summed E-state index contributed by atoms with van der Waals surface area (Å²) in [5, 5.41) is 10.1. The number of rotatable bonds is 2. The number of aliphatic hydroxyl groups is 1. The Balaban J connectivity index is 2.65. The van der Waals surface area contributed by atoms with Crippen LogP contribution in [-0.4, -0.2) is 21.3 Å². The van der Waals surface area contributed by atoms with Gasteiger partial charge in [-0.2, -0.15) is 0 Å². The van der Waals surface area contributed by atoms with Crippen LogP contribution in [0.15, 0.2) is 23.1 Å². The second kappa shape index (κ2) is 4.16. The summed E-state index contributed by atoms with van der Waals surface area (Å²) in [6.07, 6.45) is 3.84. The summed E-state index contributed by atoms with van der Waals surface area (Å²) < 4.78 is 4.02. The minimum Gasteiger partial charge on any atom is -0.395 e. The Kier molecular flexibility index (Phi) is 3.08. The molecule has 0 aliphatic carbocycles. The van der Waals surface area contributed by atoms with Gasteiger partial charge in [-0.1, -0.05) is 0 Å². The predicted molar refractivity (Wildman–Crippen MR) is 67.2 cm³/mol. The summed E-state index contributed by atoms with van der Waals surface area (Å²) in [5.41, 5.74) is 1.06. The lowest BCUT2D eigenvalue weighted by Crippen LogP contribution is -1.99. The average molecular weight is 367 g/mol. The molecule has 0 aliphatic heterocycles. The largest absolute Gasteiger partial charge is 0.395 e. The number of aromatic nitrogens is 2. The highest BCUT2D eigenvalue weighted by atomic mass is 127. The second-order valence-corrected chi connectivity index (χ2v) is 4.89. The number of nitrogens with zero attached hydrogens (tertiary/aromatic N) is 2. The van der Waals surface area contributed by atoms with Crippen molar-refractivity contribution in [2.75, 3.05) is 6.61 Å². The minimum atomic E-state index is 0.149. The second-order valence-electron chi connectivity index (χ2n) is 2.92. The van der Waals surface area contributed by atoms with Gasteiger partial charge in [0.1, 0.15) is 4.60 Å². The number of hydrogen-bond acceptors (Lipinski definition) is 2. The van der Waals surface area contributed by atoms with Crippen LogP contribution in [0.25, 0.3) is 10.9 Å². The highest BCUT2D eigenvalue weighted by molar-refractivity contribution is 14.1. The molecule has 0 bridgehead atoms. The molecular weight excluding hydrogens is 359 g/mol. The van der Waals surface area contributed by atoms with Gasteiger partial charge in [0.05, 0.1) is 18.3 Å². The van der Waals surface area contributed by atoms with Crippen molar-refractivity contribution >= 4 is 49.4 Å². The summed E-state index contributed by atoms with van der Waals surface area (Å²) in [6, 6.07) is 1.99. The Morgan fingerprint density at radius 3 is 3.07 bits per heavy atom. The SMILES string of the molecule is OCCn1cc(I)c2cc(Br)ncc21. The summed E-state index contributed by atoms with van der Waals surface area (Å²) in [5.74, 6) is 0. The van der Waals surface area contributed by atoms with Gasteiger partial charge in [0.15, 0.2) is 0 Å². The van der Waals surface area contributed by atoms with Crippen molar-refractivity contribution in [3.63, 3.8) is 0 Å². The molecule has 2 rings (SSSR count). The fourth-order valence-corrected chi connectivity index (χ4v) is 2.51. The third kappa shape index (κ3) is 1.80. The molecule has 2 aromatic heterocycles. The van der Waals surface area contributed by atoms with Crippen LogP contribution in [0.4, 0.5) is 0 Å². The molecule has 0 amide bonds. The van der Waals surface area contributed by atoms with Gasteiger partial charge < -0.3 is 9.67 Å². The number of hydrogen-bond donors (Lipinski definition) is 1. The standard InChI is InChI=1S/C9H8BrIN2O/c10-9-3-6-7(11)5-13(1-2-14)8(6)4-12-9/h3-5,14H,1-2H2. The van der Waals surface area contributed by atoms with Crippen LogP contribution >= 0.6 is 38.5 Å². The third-order valence-corrected chi connectivity index (χ3v) is 3.32. The maximum atomic E-state index is 8.89. The van der Waals surface area contributed by atoms with E-state index in [1.165, 1.54) is 8.96 Å². The maximum absolute atomic E-state index is 8.89. The monoisotopic (exact) mass is 366 g/mol. The van der Waals surface area contributed by atoms with Crippen LogP contribution in [0.3, 0.4) is 0 Å². The van der Waals surface area contributed by atoms with Crippen molar-refractivity contribution in [2.24, 2.45) is 0 Å². The van der Waals surface area contributed by atoms with E-state index in [1.54, 1.807) is 0 Å². The molecule has 3 nitrogen and oxygen atoms in total. The lowest BCUT2D eigenvalue weighted by Gasteiger charge is -2.00. The van der Waals surface area contributed by atoms with E-state index in [-0.39, 0.29) is 6.61 Å². The normalized spacial score (nSPS) is 11.1. The highest BCUT2D eigenvalue weighted by Crippen LogP contribution is 2.24. The summed E-state index contributed by atoms with van der Waals surface area (Å²) >= 11 is 5.63. The van der Waals surface area contributed by atoms with E-state index >= 15 is 0 Å². The number of aliphatic hydroxyl groups excluding tert-OH is 1. The molecular formula is C9H8BrIN2O. The fraction of sp³-hybridized carbons (Fsp3) is 0.222. The minimum absolute atomic E-state index is 0.149. The van der Waals surface area contributed by atoms with Crippen molar-refractivity contribution in [1.82, 2.24) is 9.55 Å². The van der Waals surface area contributed by atoms with Gasteiger partial charge in [-0.3, -0.25) is 0 Å². The van der Waals surface area contributed by atoms with Crippen molar-refractivity contribution in [3.8, 4) is 0 Å². The first-order valence-corrected chi connectivity index (χ1v) is 6.00. The van der Waals surface area contributed by atoms with Crippen LogP contribution < -0.4 is 0 Å². The topological polar surface area (TPSA) is 38.0 Å². The van der Waals surface area contributed by atoms with E-state index in [2.05, 4.69) is 43.5 Å². The maximum Gasteiger partial charge on any atom is 0.106 e. The Labute approximate surface area is 103 Å². The van der Waals surface area contributed by atoms with E-state index < -0.39 is 0 Å². The van der Waals surface area contributed by atoms with Crippen LogP contribution in [0, 0.1) is 3.57 Å². The predicted octanol–water partition coefficient (Wildman–Crippen LogP) is 2.40. The zero-order chi connectivity index (χ0) is 10.1. The molecule has 0 spiro atoms. The number of fused-ring (bicyclic) bond motifs is 1.